The number of nitrogens with one attached hydrogen (secondary N) is 1. The van der Waals surface area contributed by atoms with Crippen LogP contribution in [0, 0.1) is 11.8 Å². The van der Waals surface area contributed by atoms with Gasteiger partial charge in [-0.3, -0.25) is 9.59 Å². The lowest BCUT2D eigenvalue weighted by atomic mass is 10.00. The van der Waals surface area contributed by atoms with Crippen molar-refractivity contribution in [3.05, 3.63) is 0 Å². The number of rotatable bonds is 6. The molecule has 0 radical (unpaired) electrons. The Labute approximate surface area is 102 Å². The summed E-state index contributed by atoms with van der Waals surface area (Å²) in [7, 11) is 0. The minimum Gasteiger partial charge on any atom is -0.481 e. The molecule has 2 atom stereocenters. The van der Waals surface area contributed by atoms with Crippen molar-refractivity contribution in [1.29, 1.82) is 0 Å². The van der Waals surface area contributed by atoms with Gasteiger partial charge in [-0.25, -0.2) is 0 Å². The molecule has 98 valence electrons. The van der Waals surface area contributed by atoms with Crippen LogP contribution in [0.1, 0.15) is 32.6 Å². The lowest BCUT2D eigenvalue weighted by molar-refractivity contribution is -0.142. The number of aliphatic carboxylic acids is 1. The zero-order chi connectivity index (χ0) is 12.7. The summed E-state index contributed by atoms with van der Waals surface area (Å²) in [5.41, 5.74) is 0. The van der Waals surface area contributed by atoms with Crippen LogP contribution < -0.4 is 5.32 Å². The highest BCUT2D eigenvalue weighted by molar-refractivity contribution is 5.79. The molecule has 17 heavy (non-hydrogen) atoms. The van der Waals surface area contributed by atoms with Crippen molar-refractivity contribution in [3.8, 4) is 0 Å². The molecule has 1 amide bonds. The van der Waals surface area contributed by atoms with Gasteiger partial charge < -0.3 is 15.2 Å². The maximum atomic E-state index is 11.7. The first-order valence-corrected chi connectivity index (χ1v) is 6.23. The van der Waals surface area contributed by atoms with E-state index in [-0.39, 0.29) is 18.4 Å². The molecule has 1 aliphatic rings. The topological polar surface area (TPSA) is 75.6 Å². The van der Waals surface area contributed by atoms with Crippen LogP contribution in [0.5, 0.6) is 0 Å². The molecule has 1 rings (SSSR count). The maximum absolute atomic E-state index is 11.7. The van der Waals surface area contributed by atoms with E-state index in [2.05, 4.69) is 5.32 Å². The minimum absolute atomic E-state index is 0.0768. The predicted molar refractivity (Wildman–Crippen MR) is 62.6 cm³/mol. The van der Waals surface area contributed by atoms with E-state index in [0.29, 0.717) is 13.0 Å². The van der Waals surface area contributed by atoms with E-state index in [0.717, 1.165) is 25.9 Å². The normalized spacial score (nSPS) is 21.8. The highest BCUT2D eigenvalue weighted by atomic mass is 16.5. The number of hydrogen-bond acceptors (Lipinski definition) is 3. The molecule has 0 saturated carbocycles. The number of amides is 1. The number of carbonyl (C=O) groups excluding carboxylic acids is 1. The summed E-state index contributed by atoms with van der Waals surface area (Å²) in [6, 6.07) is 0. The van der Waals surface area contributed by atoms with Gasteiger partial charge in [0, 0.05) is 13.2 Å². The molecule has 1 fully saturated rings. The average molecular weight is 243 g/mol. The third kappa shape index (κ3) is 4.73. The van der Waals surface area contributed by atoms with Crippen LogP contribution in [0.4, 0.5) is 0 Å². The summed E-state index contributed by atoms with van der Waals surface area (Å²) >= 11 is 0. The van der Waals surface area contributed by atoms with Gasteiger partial charge in [0.2, 0.25) is 5.91 Å². The van der Waals surface area contributed by atoms with E-state index >= 15 is 0 Å². The summed E-state index contributed by atoms with van der Waals surface area (Å²) in [5.74, 6) is -1.51. The fraction of sp³-hybridized carbons (Fsp3) is 0.833. The summed E-state index contributed by atoms with van der Waals surface area (Å²) in [6.45, 7) is 3.33. The van der Waals surface area contributed by atoms with Crippen molar-refractivity contribution in [2.45, 2.75) is 32.6 Å². The first-order chi connectivity index (χ1) is 8.15. The molecule has 0 bridgehead atoms. The van der Waals surface area contributed by atoms with E-state index in [1.807, 2.05) is 6.92 Å². The molecule has 5 heteroatoms. The molecule has 1 aliphatic heterocycles. The Balaban J connectivity index is 2.32. The molecule has 0 aliphatic carbocycles. The Hall–Kier alpha value is -1.10. The molecule has 1 heterocycles. The third-order valence-electron chi connectivity index (χ3n) is 3.04. The van der Waals surface area contributed by atoms with Gasteiger partial charge in [0.05, 0.1) is 18.4 Å². The van der Waals surface area contributed by atoms with Gasteiger partial charge in [-0.2, -0.15) is 0 Å². The quantitative estimate of drug-likeness (QED) is 0.730. The summed E-state index contributed by atoms with van der Waals surface area (Å²) < 4.78 is 5.23. The number of carboxylic acids is 1. The first kappa shape index (κ1) is 14.0. The van der Waals surface area contributed by atoms with Gasteiger partial charge in [-0.1, -0.05) is 13.3 Å². The standard InChI is InChI=1S/C12H21NO4/c1-2-4-9(12(15)16)7-13-11(14)10-5-3-6-17-8-10/h9-10H,2-8H2,1H3,(H,13,14)(H,15,16). The molecule has 0 aromatic rings. The average Bonchev–Trinajstić information content (AvgIpc) is 2.34. The van der Waals surface area contributed by atoms with Crippen molar-refractivity contribution in [1.82, 2.24) is 5.32 Å². The van der Waals surface area contributed by atoms with Gasteiger partial charge in [0.1, 0.15) is 0 Å². The molecule has 0 aromatic heterocycles. The molecule has 1 saturated heterocycles. The largest absolute Gasteiger partial charge is 0.481 e. The summed E-state index contributed by atoms with van der Waals surface area (Å²) in [6.07, 6.45) is 3.13. The third-order valence-corrected chi connectivity index (χ3v) is 3.04. The lowest BCUT2D eigenvalue weighted by Gasteiger charge is -2.22. The first-order valence-electron chi connectivity index (χ1n) is 6.23. The van der Waals surface area contributed by atoms with E-state index in [4.69, 9.17) is 9.84 Å². The summed E-state index contributed by atoms with van der Waals surface area (Å²) in [5, 5.41) is 11.7. The van der Waals surface area contributed by atoms with Crippen LogP contribution >= 0.6 is 0 Å². The van der Waals surface area contributed by atoms with Crippen LogP contribution in [0.2, 0.25) is 0 Å². The minimum atomic E-state index is -0.841. The zero-order valence-electron chi connectivity index (χ0n) is 10.3. The molecular formula is C12H21NO4. The van der Waals surface area contributed by atoms with E-state index in [1.54, 1.807) is 0 Å². The van der Waals surface area contributed by atoms with Gasteiger partial charge in [-0.15, -0.1) is 0 Å². The van der Waals surface area contributed by atoms with Crippen LogP contribution in [-0.2, 0) is 14.3 Å². The monoisotopic (exact) mass is 243 g/mol. The SMILES string of the molecule is CCCC(CNC(=O)C1CCCOC1)C(=O)O. The second-order valence-corrected chi connectivity index (χ2v) is 4.48. The maximum Gasteiger partial charge on any atom is 0.308 e. The predicted octanol–water partition coefficient (Wildman–Crippen LogP) is 1.03. The van der Waals surface area contributed by atoms with Crippen molar-refractivity contribution >= 4 is 11.9 Å². The van der Waals surface area contributed by atoms with Crippen LogP contribution in [0.25, 0.3) is 0 Å². The lowest BCUT2D eigenvalue weighted by Crippen LogP contribution is -2.39. The number of hydrogen-bond donors (Lipinski definition) is 2. The Bertz CT molecular complexity index is 261. The van der Waals surface area contributed by atoms with E-state index in [1.165, 1.54) is 0 Å². The Kier molecular flexibility index (Phi) is 5.97. The highest BCUT2D eigenvalue weighted by Crippen LogP contribution is 2.14. The fourth-order valence-electron chi connectivity index (χ4n) is 1.98. The van der Waals surface area contributed by atoms with E-state index < -0.39 is 11.9 Å². The highest BCUT2D eigenvalue weighted by Gasteiger charge is 2.23. The van der Waals surface area contributed by atoms with Crippen LogP contribution in [0.3, 0.4) is 0 Å². The molecule has 5 nitrogen and oxygen atoms in total. The van der Waals surface area contributed by atoms with E-state index in [9.17, 15) is 9.59 Å². The Morgan fingerprint density at radius 3 is 2.82 bits per heavy atom. The molecular weight excluding hydrogens is 222 g/mol. The van der Waals surface area contributed by atoms with Crippen molar-refractivity contribution in [2.75, 3.05) is 19.8 Å². The van der Waals surface area contributed by atoms with Gasteiger partial charge in [0.25, 0.3) is 0 Å². The Morgan fingerprint density at radius 1 is 1.53 bits per heavy atom. The molecule has 2 unspecified atom stereocenters. The zero-order valence-corrected chi connectivity index (χ0v) is 10.3. The molecule has 2 N–H and O–H groups in total. The number of ether oxygens (including phenoxy) is 1. The van der Waals surface area contributed by atoms with Crippen molar-refractivity contribution < 1.29 is 19.4 Å². The summed E-state index contributed by atoms with van der Waals surface area (Å²) in [4.78, 5) is 22.6. The molecule has 0 aromatic carbocycles. The van der Waals surface area contributed by atoms with Crippen molar-refractivity contribution in [2.24, 2.45) is 11.8 Å². The number of carboxylic acid groups (broad SMARTS) is 1. The number of carbonyl (C=O) groups is 2. The second-order valence-electron chi connectivity index (χ2n) is 4.48. The molecule has 0 spiro atoms. The Morgan fingerprint density at radius 2 is 2.29 bits per heavy atom. The fourth-order valence-corrected chi connectivity index (χ4v) is 1.98. The van der Waals surface area contributed by atoms with Crippen LogP contribution in [-0.4, -0.2) is 36.7 Å². The van der Waals surface area contributed by atoms with Crippen molar-refractivity contribution in [3.63, 3.8) is 0 Å². The second kappa shape index (κ2) is 7.27. The van der Waals surface area contributed by atoms with Gasteiger partial charge in [0.15, 0.2) is 0 Å². The smallest absolute Gasteiger partial charge is 0.308 e. The van der Waals surface area contributed by atoms with Gasteiger partial charge in [-0.05, 0) is 19.3 Å². The van der Waals surface area contributed by atoms with Crippen LogP contribution in [0.15, 0.2) is 0 Å². The van der Waals surface area contributed by atoms with Gasteiger partial charge >= 0.3 is 5.97 Å².